The smallest absolute Gasteiger partial charge is 0.0675 e. The van der Waals surface area contributed by atoms with Crippen LogP contribution < -0.4 is 50.9 Å². The molecule has 0 spiro atoms. The standard InChI is InChI=1S/C4H12N.3BrH/c1-5(2,3)4;;;/h1-4H3;3*1H/q+1;;;/p-3. The van der Waals surface area contributed by atoms with Gasteiger partial charge in [-0.1, -0.05) is 0 Å². The number of rotatable bonds is 0. The molecule has 0 aliphatic heterocycles. The van der Waals surface area contributed by atoms with E-state index >= 15 is 0 Å². The van der Waals surface area contributed by atoms with E-state index in [0.717, 1.165) is 4.48 Å². The molecule has 0 heterocycles. The summed E-state index contributed by atoms with van der Waals surface area (Å²) in [5.74, 6) is 0. The van der Waals surface area contributed by atoms with Crippen molar-refractivity contribution in [2.45, 2.75) is 0 Å². The van der Waals surface area contributed by atoms with Gasteiger partial charge in [-0.2, -0.15) is 0 Å². The molecule has 0 amide bonds. The Bertz CT molecular complexity index is 26.8. The number of hydrogen-bond donors (Lipinski definition) is 0. The summed E-state index contributed by atoms with van der Waals surface area (Å²) < 4.78 is 1.00. The molecule has 0 aromatic carbocycles. The van der Waals surface area contributed by atoms with Crippen molar-refractivity contribution in [1.29, 1.82) is 0 Å². The molecule has 0 aromatic heterocycles. The average molecular weight is 314 g/mol. The normalized spacial score (nSPS) is 7.50. The summed E-state index contributed by atoms with van der Waals surface area (Å²) in [5.41, 5.74) is 0. The average Bonchev–Trinajstić information content (AvgIpc) is 0.722. The molecule has 56 valence electrons. The highest BCUT2D eigenvalue weighted by Crippen LogP contribution is 1.73. The van der Waals surface area contributed by atoms with E-state index in [0.29, 0.717) is 0 Å². The van der Waals surface area contributed by atoms with Crippen molar-refractivity contribution in [2.24, 2.45) is 0 Å². The van der Waals surface area contributed by atoms with E-state index in [9.17, 15) is 0 Å². The SMILES string of the molecule is C[N+](C)(C)C.[Br-].[Br-].[Br-]. The predicted octanol–water partition coefficient (Wildman–Crippen LogP) is -8.67. The van der Waals surface area contributed by atoms with Crippen molar-refractivity contribution in [3.05, 3.63) is 0 Å². The van der Waals surface area contributed by atoms with Crippen LogP contribution in [-0.4, -0.2) is 32.7 Å². The predicted molar refractivity (Wildman–Crippen MR) is 24.0 cm³/mol. The second-order valence-corrected chi connectivity index (χ2v) is 2.68. The molecule has 0 bridgehead atoms. The summed E-state index contributed by atoms with van der Waals surface area (Å²) in [6, 6.07) is 0. The fraction of sp³-hybridized carbons (Fsp3) is 1.00. The van der Waals surface area contributed by atoms with Gasteiger partial charge in [0.25, 0.3) is 0 Å². The molecule has 8 heavy (non-hydrogen) atoms. The lowest BCUT2D eigenvalue weighted by Gasteiger charge is -2.14. The van der Waals surface area contributed by atoms with Gasteiger partial charge in [0, 0.05) is 0 Å². The molecule has 0 N–H and O–H groups in total. The molecular weight excluding hydrogens is 302 g/mol. The Morgan fingerprint density at radius 1 is 0.625 bits per heavy atom. The maximum Gasteiger partial charge on any atom is 0.0675 e. The molecule has 4 heteroatoms. The van der Waals surface area contributed by atoms with Crippen LogP contribution in [0.1, 0.15) is 0 Å². The highest BCUT2D eigenvalue weighted by Gasteiger charge is 1.88. The molecule has 0 unspecified atom stereocenters. The summed E-state index contributed by atoms with van der Waals surface area (Å²) in [7, 11) is 8.50. The zero-order valence-corrected chi connectivity index (χ0v) is 10.3. The van der Waals surface area contributed by atoms with Gasteiger partial charge in [0.05, 0.1) is 28.2 Å². The molecule has 0 aliphatic rings. The first-order valence-corrected chi connectivity index (χ1v) is 1.79. The van der Waals surface area contributed by atoms with Crippen molar-refractivity contribution >= 4 is 0 Å². The zero-order valence-electron chi connectivity index (χ0n) is 5.58. The van der Waals surface area contributed by atoms with Crippen molar-refractivity contribution in [2.75, 3.05) is 28.2 Å². The van der Waals surface area contributed by atoms with Crippen molar-refractivity contribution in [3.63, 3.8) is 0 Å². The van der Waals surface area contributed by atoms with Crippen LogP contribution in [0.4, 0.5) is 0 Å². The fourth-order valence-electron chi connectivity index (χ4n) is 0. The summed E-state index contributed by atoms with van der Waals surface area (Å²) in [6.07, 6.45) is 0. The minimum absolute atomic E-state index is 0. The van der Waals surface area contributed by atoms with Crippen molar-refractivity contribution in [3.8, 4) is 0 Å². The van der Waals surface area contributed by atoms with Crippen molar-refractivity contribution in [1.82, 2.24) is 0 Å². The summed E-state index contributed by atoms with van der Waals surface area (Å²) in [6.45, 7) is 0. The summed E-state index contributed by atoms with van der Waals surface area (Å²) >= 11 is 0. The first-order chi connectivity index (χ1) is 2.00. The Balaban J connectivity index is -0.0000000267. The fourth-order valence-corrected chi connectivity index (χ4v) is 0. The Kier molecular flexibility index (Phi) is 23.9. The van der Waals surface area contributed by atoms with Gasteiger partial charge < -0.3 is 55.4 Å². The second kappa shape index (κ2) is 8.40. The molecule has 0 aromatic rings. The topological polar surface area (TPSA) is 0 Å². The maximum atomic E-state index is 2.12. The number of halogens is 3. The first kappa shape index (κ1) is 22.7. The molecule has 0 atom stereocenters. The van der Waals surface area contributed by atoms with Gasteiger partial charge >= 0.3 is 0 Å². The maximum absolute atomic E-state index is 2.12. The number of hydrogen-bond acceptors (Lipinski definition) is 0. The molecule has 1 nitrogen and oxygen atoms in total. The third-order valence-corrected chi connectivity index (χ3v) is 0. The second-order valence-electron chi connectivity index (χ2n) is 2.68. The monoisotopic (exact) mass is 311 g/mol. The van der Waals surface area contributed by atoms with Crippen molar-refractivity contribution < 1.29 is 55.4 Å². The largest absolute Gasteiger partial charge is 1.00 e. The van der Waals surface area contributed by atoms with Crippen LogP contribution in [0.2, 0.25) is 0 Å². The lowest BCUT2D eigenvalue weighted by Crippen LogP contribution is -3.00. The van der Waals surface area contributed by atoms with Crippen LogP contribution in [0, 0.1) is 0 Å². The van der Waals surface area contributed by atoms with E-state index in [2.05, 4.69) is 28.2 Å². The Labute approximate surface area is 83.3 Å². The molecule has 0 saturated carbocycles. The third kappa shape index (κ3) is 155. The molecule has 0 aliphatic carbocycles. The number of quaternary nitrogens is 1. The highest BCUT2D eigenvalue weighted by molar-refractivity contribution is 3.87. The van der Waals surface area contributed by atoms with Crippen LogP contribution in [0.15, 0.2) is 0 Å². The van der Waals surface area contributed by atoms with E-state index in [1.807, 2.05) is 0 Å². The minimum Gasteiger partial charge on any atom is -1.00 e. The molecule has 0 fully saturated rings. The Morgan fingerprint density at radius 3 is 0.625 bits per heavy atom. The van der Waals surface area contributed by atoms with Gasteiger partial charge in [-0.25, -0.2) is 0 Å². The Morgan fingerprint density at radius 2 is 0.625 bits per heavy atom. The molecular formula is C4H12Br3N-2. The Hall–Kier alpha value is 1.40. The highest BCUT2D eigenvalue weighted by atomic mass is 79.9. The van der Waals surface area contributed by atoms with Crippen LogP contribution in [0.5, 0.6) is 0 Å². The lowest BCUT2D eigenvalue weighted by atomic mass is 10.8. The van der Waals surface area contributed by atoms with Crippen LogP contribution >= 0.6 is 0 Å². The van der Waals surface area contributed by atoms with Crippen LogP contribution in [-0.2, 0) is 0 Å². The van der Waals surface area contributed by atoms with E-state index in [4.69, 9.17) is 0 Å². The quantitative estimate of drug-likeness (QED) is 0.390. The molecule has 0 rings (SSSR count). The van der Waals surface area contributed by atoms with Crippen LogP contribution in [0.3, 0.4) is 0 Å². The van der Waals surface area contributed by atoms with E-state index < -0.39 is 0 Å². The zero-order chi connectivity index (χ0) is 4.50. The van der Waals surface area contributed by atoms with Gasteiger partial charge in [0.2, 0.25) is 0 Å². The van der Waals surface area contributed by atoms with Gasteiger partial charge in [0.1, 0.15) is 0 Å². The first-order valence-electron chi connectivity index (χ1n) is 1.79. The molecule has 0 saturated heterocycles. The van der Waals surface area contributed by atoms with Gasteiger partial charge in [-0.15, -0.1) is 0 Å². The minimum atomic E-state index is 0. The molecule has 0 radical (unpaired) electrons. The summed E-state index contributed by atoms with van der Waals surface area (Å²) in [4.78, 5) is 0. The van der Waals surface area contributed by atoms with Gasteiger partial charge in [0.15, 0.2) is 0 Å². The third-order valence-electron chi connectivity index (χ3n) is 0. The lowest BCUT2D eigenvalue weighted by molar-refractivity contribution is -0.849. The van der Waals surface area contributed by atoms with Gasteiger partial charge in [-0.05, 0) is 0 Å². The van der Waals surface area contributed by atoms with Crippen LogP contribution in [0.25, 0.3) is 0 Å². The number of nitrogens with zero attached hydrogens (tertiary/aromatic N) is 1. The van der Waals surface area contributed by atoms with E-state index in [-0.39, 0.29) is 50.9 Å². The van der Waals surface area contributed by atoms with Gasteiger partial charge in [-0.3, -0.25) is 0 Å². The van der Waals surface area contributed by atoms with E-state index in [1.54, 1.807) is 0 Å². The van der Waals surface area contributed by atoms with E-state index in [1.165, 1.54) is 0 Å². The summed E-state index contributed by atoms with van der Waals surface area (Å²) in [5, 5.41) is 0.